The van der Waals surface area contributed by atoms with E-state index in [1.807, 2.05) is 0 Å². The lowest BCUT2D eigenvalue weighted by molar-refractivity contribution is -0.118. The van der Waals surface area contributed by atoms with E-state index in [9.17, 15) is 4.79 Å². The van der Waals surface area contributed by atoms with Gasteiger partial charge in [0.2, 0.25) is 5.91 Å². The van der Waals surface area contributed by atoms with Gasteiger partial charge in [-0.25, -0.2) is 0 Å². The number of carbonyl (C=O) groups is 1. The zero-order valence-corrected chi connectivity index (χ0v) is 7.87. The molecule has 1 fully saturated rings. The molecular formula is C9H18N2O2. The van der Waals surface area contributed by atoms with Crippen LogP contribution >= 0.6 is 0 Å². The molecule has 1 heterocycles. The van der Waals surface area contributed by atoms with Crippen molar-refractivity contribution in [3.05, 3.63) is 0 Å². The molecular weight excluding hydrogens is 168 g/mol. The first kappa shape index (κ1) is 10.5. The maximum absolute atomic E-state index is 10.5. The fraction of sp³-hybridized carbons (Fsp3) is 0.889. The quantitative estimate of drug-likeness (QED) is 0.649. The molecule has 0 aromatic rings. The summed E-state index contributed by atoms with van der Waals surface area (Å²) in [6, 6.07) is 0.0628. The smallest absolute Gasteiger partial charge is 0.217 e. The van der Waals surface area contributed by atoms with Crippen molar-refractivity contribution in [2.24, 2.45) is 17.4 Å². The number of rotatable bonds is 4. The highest BCUT2D eigenvalue weighted by atomic mass is 16.5. The second kappa shape index (κ2) is 5.19. The van der Waals surface area contributed by atoms with Crippen LogP contribution in [0.3, 0.4) is 0 Å². The van der Waals surface area contributed by atoms with E-state index in [1.165, 1.54) is 0 Å². The van der Waals surface area contributed by atoms with Gasteiger partial charge in [0, 0.05) is 19.1 Å². The van der Waals surface area contributed by atoms with E-state index < -0.39 is 0 Å². The van der Waals surface area contributed by atoms with Crippen LogP contribution in [0.1, 0.15) is 25.7 Å². The summed E-state index contributed by atoms with van der Waals surface area (Å²) in [6.45, 7) is 1.58. The molecule has 0 aliphatic carbocycles. The average Bonchev–Trinajstić information content (AvgIpc) is 2.15. The highest BCUT2D eigenvalue weighted by Gasteiger charge is 2.20. The third-order valence-electron chi connectivity index (χ3n) is 2.53. The van der Waals surface area contributed by atoms with Crippen molar-refractivity contribution in [2.75, 3.05) is 13.2 Å². The minimum absolute atomic E-state index is 0.0628. The van der Waals surface area contributed by atoms with Crippen LogP contribution in [-0.2, 0) is 9.53 Å². The van der Waals surface area contributed by atoms with Gasteiger partial charge in [-0.1, -0.05) is 0 Å². The minimum atomic E-state index is -0.271. The Morgan fingerprint density at radius 1 is 1.62 bits per heavy atom. The van der Waals surface area contributed by atoms with Gasteiger partial charge in [-0.2, -0.15) is 0 Å². The second-order valence-corrected chi connectivity index (χ2v) is 3.65. The normalized spacial score (nSPS) is 25.5. The maximum atomic E-state index is 10.5. The van der Waals surface area contributed by atoms with Gasteiger partial charge in [-0.05, 0) is 25.2 Å². The summed E-state index contributed by atoms with van der Waals surface area (Å²) in [5.74, 6) is 0.139. The molecule has 0 aromatic heterocycles. The molecule has 4 N–H and O–H groups in total. The summed E-state index contributed by atoms with van der Waals surface area (Å²) in [5.41, 5.74) is 11.0. The Bertz CT molecular complexity index is 167. The van der Waals surface area contributed by atoms with Crippen molar-refractivity contribution in [3.63, 3.8) is 0 Å². The Morgan fingerprint density at radius 3 is 2.92 bits per heavy atom. The zero-order chi connectivity index (χ0) is 9.68. The zero-order valence-electron chi connectivity index (χ0n) is 7.87. The molecule has 0 saturated carbocycles. The average molecular weight is 186 g/mol. The molecule has 13 heavy (non-hydrogen) atoms. The molecule has 4 heteroatoms. The molecule has 4 nitrogen and oxygen atoms in total. The summed E-state index contributed by atoms with van der Waals surface area (Å²) < 4.78 is 5.31. The molecule has 1 amide bonds. The fourth-order valence-electron chi connectivity index (χ4n) is 1.65. The van der Waals surface area contributed by atoms with Crippen molar-refractivity contribution < 1.29 is 9.53 Å². The van der Waals surface area contributed by atoms with Gasteiger partial charge in [0.1, 0.15) is 0 Å². The van der Waals surface area contributed by atoms with Gasteiger partial charge in [0.05, 0.1) is 6.61 Å². The van der Waals surface area contributed by atoms with Crippen LogP contribution in [0.25, 0.3) is 0 Å². The van der Waals surface area contributed by atoms with Gasteiger partial charge in [0.25, 0.3) is 0 Å². The predicted molar refractivity (Wildman–Crippen MR) is 49.9 cm³/mol. The Kier molecular flexibility index (Phi) is 4.18. The summed E-state index contributed by atoms with van der Waals surface area (Å²) in [7, 11) is 0. The lowest BCUT2D eigenvalue weighted by Gasteiger charge is -2.27. The number of carbonyl (C=O) groups excluding carboxylic acids is 1. The summed E-state index contributed by atoms with van der Waals surface area (Å²) in [6.07, 6.45) is 3.26. The standard InChI is InChI=1S/C9H18N2O2/c10-8(3-4-9(11)12)7-2-1-5-13-6-7/h7-8H,1-6,10H2,(H2,11,12). The largest absolute Gasteiger partial charge is 0.381 e. The molecule has 0 bridgehead atoms. The van der Waals surface area contributed by atoms with Gasteiger partial charge in [0.15, 0.2) is 0 Å². The van der Waals surface area contributed by atoms with E-state index in [0.29, 0.717) is 18.8 Å². The summed E-state index contributed by atoms with van der Waals surface area (Å²) >= 11 is 0. The van der Waals surface area contributed by atoms with E-state index in [1.54, 1.807) is 0 Å². The highest BCUT2D eigenvalue weighted by Crippen LogP contribution is 2.18. The first-order valence-electron chi connectivity index (χ1n) is 4.82. The van der Waals surface area contributed by atoms with Gasteiger partial charge in [-0.15, -0.1) is 0 Å². The third-order valence-corrected chi connectivity index (χ3v) is 2.53. The predicted octanol–water partition coefficient (Wildman–Crippen LogP) is 0.00580. The van der Waals surface area contributed by atoms with E-state index >= 15 is 0 Å². The van der Waals surface area contributed by atoms with Crippen LogP contribution in [0.5, 0.6) is 0 Å². The monoisotopic (exact) mass is 186 g/mol. The van der Waals surface area contributed by atoms with E-state index in [0.717, 1.165) is 26.1 Å². The summed E-state index contributed by atoms with van der Waals surface area (Å²) in [4.78, 5) is 10.5. The first-order valence-corrected chi connectivity index (χ1v) is 4.82. The molecule has 2 unspecified atom stereocenters. The van der Waals surface area contributed by atoms with Crippen molar-refractivity contribution in [3.8, 4) is 0 Å². The van der Waals surface area contributed by atoms with Crippen LogP contribution in [0, 0.1) is 5.92 Å². The van der Waals surface area contributed by atoms with Gasteiger partial charge >= 0.3 is 0 Å². The molecule has 1 aliphatic heterocycles. The second-order valence-electron chi connectivity index (χ2n) is 3.65. The van der Waals surface area contributed by atoms with Crippen LogP contribution in [0.2, 0.25) is 0 Å². The van der Waals surface area contributed by atoms with Crippen LogP contribution < -0.4 is 11.5 Å². The lowest BCUT2D eigenvalue weighted by Crippen LogP contribution is -2.36. The fourth-order valence-corrected chi connectivity index (χ4v) is 1.65. The molecule has 1 saturated heterocycles. The Balaban J connectivity index is 2.20. The molecule has 0 radical (unpaired) electrons. The molecule has 1 aliphatic rings. The molecule has 0 spiro atoms. The highest BCUT2D eigenvalue weighted by molar-refractivity contribution is 5.73. The number of amides is 1. The SMILES string of the molecule is NC(=O)CCC(N)C1CCCOC1. The van der Waals surface area contributed by atoms with E-state index in [-0.39, 0.29) is 11.9 Å². The Hall–Kier alpha value is -0.610. The number of primary amides is 1. The maximum Gasteiger partial charge on any atom is 0.217 e. The van der Waals surface area contributed by atoms with Crippen molar-refractivity contribution in [1.82, 2.24) is 0 Å². The number of nitrogens with two attached hydrogens (primary N) is 2. The van der Waals surface area contributed by atoms with Crippen LogP contribution in [0.15, 0.2) is 0 Å². The number of hydrogen-bond acceptors (Lipinski definition) is 3. The lowest BCUT2D eigenvalue weighted by atomic mass is 9.91. The summed E-state index contributed by atoms with van der Waals surface area (Å²) in [5, 5.41) is 0. The minimum Gasteiger partial charge on any atom is -0.381 e. The molecule has 0 aromatic carbocycles. The Morgan fingerprint density at radius 2 is 2.38 bits per heavy atom. The molecule has 1 rings (SSSR count). The van der Waals surface area contributed by atoms with E-state index in [2.05, 4.69) is 0 Å². The molecule has 2 atom stereocenters. The van der Waals surface area contributed by atoms with Crippen molar-refractivity contribution in [1.29, 1.82) is 0 Å². The van der Waals surface area contributed by atoms with Gasteiger partial charge in [-0.3, -0.25) is 4.79 Å². The van der Waals surface area contributed by atoms with Gasteiger partial charge < -0.3 is 16.2 Å². The Labute approximate surface area is 78.6 Å². The van der Waals surface area contributed by atoms with Crippen molar-refractivity contribution >= 4 is 5.91 Å². The van der Waals surface area contributed by atoms with E-state index in [4.69, 9.17) is 16.2 Å². The first-order chi connectivity index (χ1) is 6.20. The van der Waals surface area contributed by atoms with Crippen molar-refractivity contribution in [2.45, 2.75) is 31.7 Å². The number of hydrogen-bond donors (Lipinski definition) is 2. The third kappa shape index (κ3) is 3.74. The molecule has 76 valence electrons. The number of ether oxygens (including phenoxy) is 1. The topological polar surface area (TPSA) is 78.3 Å². The van der Waals surface area contributed by atoms with Crippen LogP contribution in [0.4, 0.5) is 0 Å². The van der Waals surface area contributed by atoms with Crippen LogP contribution in [-0.4, -0.2) is 25.2 Å².